The molecule has 0 radical (unpaired) electrons. The number of carbonyl (C=O) groups excluding carboxylic acids is 1. The van der Waals surface area contributed by atoms with Gasteiger partial charge in [-0.3, -0.25) is 0 Å². The maximum Gasteiger partial charge on any atom is 0.329 e. The molecule has 1 heterocycles. The minimum absolute atomic E-state index is 0.253. The fourth-order valence-electron chi connectivity index (χ4n) is 2.47. The molecule has 0 aromatic rings. The number of carbonyl (C=O) groups is 2. The number of nitrogens with one attached hydrogen (secondary N) is 2. The van der Waals surface area contributed by atoms with E-state index in [4.69, 9.17) is 4.74 Å². The molecule has 0 aromatic heterocycles. The van der Waals surface area contributed by atoms with Gasteiger partial charge in [0.05, 0.1) is 0 Å². The zero-order valence-corrected chi connectivity index (χ0v) is 11.3. The molecular formula is C13H22N2O4. The lowest BCUT2D eigenvalue weighted by molar-refractivity contribution is -0.148. The monoisotopic (exact) mass is 270 g/mol. The number of rotatable bonds is 5. The van der Waals surface area contributed by atoms with Crippen LogP contribution in [-0.2, 0) is 9.53 Å². The normalized spacial score (nSPS) is 23.4. The predicted molar refractivity (Wildman–Crippen MR) is 68.9 cm³/mol. The van der Waals surface area contributed by atoms with E-state index in [9.17, 15) is 14.7 Å². The van der Waals surface area contributed by atoms with Crippen molar-refractivity contribution in [3.05, 3.63) is 0 Å². The summed E-state index contributed by atoms with van der Waals surface area (Å²) in [4.78, 5) is 23.3. The largest absolute Gasteiger partial charge is 0.480 e. The molecule has 2 fully saturated rings. The van der Waals surface area contributed by atoms with Crippen molar-refractivity contribution in [1.29, 1.82) is 0 Å². The second kappa shape index (κ2) is 5.36. The summed E-state index contributed by atoms with van der Waals surface area (Å²) in [5.74, 6) is -0.984. The van der Waals surface area contributed by atoms with E-state index < -0.39 is 11.5 Å². The van der Waals surface area contributed by atoms with Gasteiger partial charge in [-0.1, -0.05) is 6.92 Å². The summed E-state index contributed by atoms with van der Waals surface area (Å²) < 4.78 is 5.16. The molecule has 19 heavy (non-hydrogen) atoms. The van der Waals surface area contributed by atoms with Crippen LogP contribution in [0.4, 0.5) is 4.79 Å². The van der Waals surface area contributed by atoms with Gasteiger partial charge in [-0.15, -0.1) is 0 Å². The van der Waals surface area contributed by atoms with E-state index in [2.05, 4.69) is 17.6 Å². The van der Waals surface area contributed by atoms with Crippen LogP contribution in [0, 0.1) is 5.41 Å². The number of carboxylic acid groups (broad SMARTS) is 1. The fraction of sp³-hybridized carbons (Fsp3) is 0.846. The molecule has 2 aliphatic rings. The fourth-order valence-corrected chi connectivity index (χ4v) is 2.47. The summed E-state index contributed by atoms with van der Waals surface area (Å²) in [6, 6.07) is -0.385. The van der Waals surface area contributed by atoms with Gasteiger partial charge in [0.1, 0.15) is 5.54 Å². The van der Waals surface area contributed by atoms with E-state index in [1.54, 1.807) is 0 Å². The van der Waals surface area contributed by atoms with E-state index in [-0.39, 0.29) is 11.4 Å². The van der Waals surface area contributed by atoms with Gasteiger partial charge in [-0.2, -0.15) is 0 Å². The molecule has 6 nitrogen and oxygen atoms in total. The lowest BCUT2D eigenvalue weighted by Gasteiger charge is -2.34. The molecule has 3 N–H and O–H groups in total. The van der Waals surface area contributed by atoms with Gasteiger partial charge in [0.2, 0.25) is 0 Å². The van der Waals surface area contributed by atoms with Crippen molar-refractivity contribution in [2.45, 2.75) is 44.6 Å². The molecule has 1 saturated carbocycles. The van der Waals surface area contributed by atoms with E-state index in [0.717, 1.165) is 19.3 Å². The molecule has 0 atom stereocenters. The SMILES string of the molecule is CCC1(CNC(=O)NC2(C(=O)O)CCOCC2)CC1. The third-order valence-electron chi connectivity index (χ3n) is 4.44. The molecule has 6 heteroatoms. The van der Waals surface area contributed by atoms with Gasteiger partial charge in [0, 0.05) is 32.6 Å². The Kier molecular flexibility index (Phi) is 3.99. The Balaban J connectivity index is 1.86. The Labute approximate surface area is 112 Å². The first kappa shape index (κ1) is 14.1. The third-order valence-corrected chi connectivity index (χ3v) is 4.44. The summed E-state index contributed by atoms with van der Waals surface area (Å²) in [6.07, 6.45) is 3.96. The van der Waals surface area contributed by atoms with Crippen LogP contribution in [0.3, 0.4) is 0 Å². The second-order valence-electron chi connectivity index (χ2n) is 5.66. The maximum atomic E-state index is 11.9. The highest BCUT2D eigenvalue weighted by molar-refractivity contribution is 5.86. The zero-order valence-electron chi connectivity index (χ0n) is 11.3. The van der Waals surface area contributed by atoms with Gasteiger partial charge in [0.15, 0.2) is 0 Å². The van der Waals surface area contributed by atoms with Gasteiger partial charge in [-0.05, 0) is 24.7 Å². The van der Waals surface area contributed by atoms with E-state index >= 15 is 0 Å². The Hall–Kier alpha value is -1.30. The van der Waals surface area contributed by atoms with Crippen LogP contribution in [0.1, 0.15) is 39.0 Å². The summed E-state index contributed by atoms with van der Waals surface area (Å²) in [5, 5.41) is 14.8. The lowest BCUT2D eigenvalue weighted by atomic mass is 9.90. The quantitative estimate of drug-likeness (QED) is 0.698. The topological polar surface area (TPSA) is 87.7 Å². The smallest absolute Gasteiger partial charge is 0.329 e. The highest BCUT2D eigenvalue weighted by Gasteiger charge is 2.43. The first-order valence-corrected chi connectivity index (χ1v) is 6.89. The zero-order chi connectivity index (χ0) is 13.9. The Morgan fingerprint density at radius 3 is 2.32 bits per heavy atom. The number of ether oxygens (including phenoxy) is 1. The highest BCUT2D eigenvalue weighted by Crippen LogP contribution is 2.47. The molecule has 2 amide bonds. The van der Waals surface area contributed by atoms with Gasteiger partial charge in [-0.25, -0.2) is 9.59 Å². The molecule has 2 rings (SSSR count). The van der Waals surface area contributed by atoms with Crippen LogP contribution in [0.5, 0.6) is 0 Å². The molecule has 0 aromatic carbocycles. The number of aliphatic carboxylic acids is 1. The van der Waals surface area contributed by atoms with Crippen LogP contribution in [0.2, 0.25) is 0 Å². The highest BCUT2D eigenvalue weighted by atomic mass is 16.5. The maximum absolute atomic E-state index is 11.9. The standard InChI is InChI=1S/C13H22N2O4/c1-2-12(3-4-12)9-14-11(18)15-13(10(16)17)5-7-19-8-6-13/h2-9H2,1H3,(H,16,17)(H2,14,15,18). The van der Waals surface area contributed by atoms with Gasteiger partial charge >= 0.3 is 12.0 Å². The summed E-state index contributed by atoms with van der Waals surface area (Å²) in [6.45, 7) is 3.47. The Bertz CT molecular complexity index is 360. The number of amides is 2. The van der Waals surface area contributed by atoms with Crippen LogP contribution in [0.15, 0.2) is 0 Å². The molecular weight excluding hydrogens is 248 g/mol. The van der Waals surface area contributed by atoms with Crippen molar-refractivity contribution >= 4 is 12.0 Å². The summed E-state index contributed by atoms with van der Waals surface area (Å²) >= 11 is 0. The number of hydrogen-bond donors (Lipinski definition) is 3. The van der Waals surface area contributed by atoms with Crippen molar-refractivity contribution < 1.29 is 19.4 Å². The van der Waals surface area contributed by atoms with Crippen LogP contribution < -0.4 is 10.6 Å². The third kappa shape index (κ3) is 3.18. The van der Waals surface area contributed by atoms with Gasteiger partial charge in [0.25, 0.3) is 0 Å². The molecule has 0 spiro atoms. The number of hydrogen-bond acceptors (Lipinski definition) is 3. The average Bonchev–Trinajstić information content (AvgIpc) is 3.18. The van der Waals surface area contributed by atoms with Crippen molar-refractivity contribution in [1.82, 2.24) is 10.6 Å². The molecule has 1 saturated heterocycles. The van der Waals surface area contributed by atoms with Crippen molar-refractivity contribution in [2.24, 2.45) is 5.41 Å². The van der Waals surface area contributed by atoms with Gasteiger partial charge < -0.3 is 20.5 Å². The van der Waals surface area contributed by atoms with Crippen molar-refractivity contribution in [2.75, 3.05) is 19.8 Å². The number of carboxylic acids is 1. The molecule has 1 aliphatic carbocycles. The van der Waals surface area contributed by atoms with Crippen LogP contribution in [0.25, 0.3) is 0 Å². The van der Waals surface area contributed by atoms with E-state index in [0.29, 0.717) is 32.6 Å². The Morgan fingerprint density at radius 2 is 1.84 bits per heavy atom. The molecule has 0 bridgehead atoms. The van der Waals surface area contributed by atoms with E-state index in [1.807, 2.05) is 0 Å². The summed E-state index contributed by atoms with van der Waals surface area (Å²) in [5.41, 5.74) is -0.922. The second-order valence-corrected chi connectivity index (χ2v) is 5.66. The average molecular weight is 270 g/mol. The first-order valence-electron chi connectivity index (χ1n) is 6.89. The predicted octanol–water partition coefficient (Wildman–Crippen LogP) is 1.11. The van der Waals surface area contributed by atoms with Crippen LogP contribution in [-0.4, -0.2) is 42.4 Å². The van der Waals surface area contributed by atoms with Crippen molar-refractivity contribution in [3.8, 4) is 0 Å². The Morgan fingerprint density at radius 1 is 1.21 bits per heavy atom. The minimum atomic E-state index is -1.18. The molecule has 0 unspecified atom stereocenters. The van der Waals surface area contributed by atoms with Crippen molar-refractivity contribution in [3.63, 3.8) is 0 Å². The van der Waals surface area contributed by atoms with E-state index in [1.165, 1.54) is 0 Å². The lowest BCUT2D eigenvalue weighted by Crippen LogP contribution is -2.60. The molecule has 108 valence electrons. The summed E-state index contributed by atoms with van der Waals surface area (Å²) in [7, 11) is 0. The minimum Gasteiger partial charge on any atom is -0.480 e. The number of urea groups is 1. The first-order chi connectivity index (χ1) is 9.02. The van der Waals surface area contributed by atoms with Crippen LogP contribution >= 0.6 is 0 Å². The molecule has 1 aliphatic heterocycles.